The highest BCUT2D eigenvalue weighted by atomic mass is 16.3. The van der Waals surface area contributed by atoms with E-state index < -0.39 is 5.60 Å². The molecule has 0 bridgehead atoms. The fourth-order valence-electron chi connectivity index (χ4n) is 1.90. The van der Waals surface area contributed by atoms with Crippen LogP contribution in [-0.2, 0) is 0 Å². The summed E-state index contributed by atoms with van der Waals surface area (Å²) in [5.74, 6) is 0. The van der Waals surface area contributed by atoms with Crippen LogP contribution in [0.15, 0.2) is 21.9 Å². The van der Waals surface area contributed by atoms with Gasteiger partial charge in [-0.1, -0.05) is 0 Å². The zero-order valence-electron chi connectivity index (χ0n) is 11.5. The van der Waals surface area contributed by atoms with Crippen LogP contribution in [-0.4, -0.2) is 33.6 Å². The third-order valence-electron chi connectivity index (χ3n) is 2.90. The summed E-state index contributed by atoms with van der Waals surface area (Å²) < 4.78 is 0. The predicted octanol–water partition coefficient (Wildman–Crippen LogP) is 1.05. The van der Waals surface area contributed by atoms with E-state index in [9.17, 15) is 9.90 Å². The summed E-state index contributed by atoms with van der Waals surface area (Å²) in [5, 5.41) is 12.9. The highest BCUT2D eigenvalue weighted by Crippen LogP contribution is 2.28. The second-order valence-electron chi connectivity index (χ2n) is 5.26. The highest BCUT2D eigenvalue weighted by molar-refractivity contribution is 5.87. The van der Waals surface area contributed by atoms with Crippen molar-refractivity contribution in [2.24, 2.45) is 10.7 Å². The number of benzene rings is 1. The molecule has 0 radical (unpaired) electrons. The van der Waals surface area contributed by atoms with Crippen LogP contribution < -0.4 is 16.7 Å². The second kappa shape index (κ2) is 5.38. The minimum Gasteiger partial charge on any atom is -0.390 e. The molecule has 0 amide bonds. The Hall–Kier alpha value is -2.28. The number of fused-ring (bicyclic) bond motifs is 1. The Balaban J connectivity index is 2.29. The zero-order chi connectivity index (χ0) is 14.8. The van der Waals surface area contributed by atoms with Gasteiger partial charge < -0.3 is 26.1 Å². The molecule has 0 atom stereocenters. The summed E-state index contributed by atoms with van der Waals surface area (Å²) in [4.78, 5) is 20.7. The third kappa shape index (κ3) is 3.39. The number of nitrogens with zero attached hydrogens (tertiary/aromatic N) is 1. The van der Waals surface area contributed by atoms with E-state index >= 15 is 0 Å². The minimum absolute atomic E-state index is 0.267. The fraction of sp³-hybridized carbons (Fsp3) is 0.385. The summed E-state index contributed by atoms with van der Waals surface area (Å²) in [6.07, 6.45) is 1.79. The smallest absolute Gasteiger partial charge is 0.323 e. The van der Waals surface area contributed by atoms with Gasteiger partial charge in [0.05, 0.1) is 34.3 Å². The number of aliphatic imine (C=N–C) groups is 1. The second-order valence-corrected chi connectivity index (χ2v) is 5.26. The van der Waals surface area contributed by atoms with Gasteiger partial charge in [-0.25, -0.2) is 9.79 Å². The summed E-state index contributed by atoms with van der Waals surface area (Å²) in [7, 11) is 0. The van der Waals surface area contributed by atoms with E-state index in [1.807, 2.05) is 0 Å². The number of rotatable bonds is 5. The molecule has 0 saturated carbocycles. The largest absolute Gasteiger partial charge is 0.390 e. The van der Waals surface area contributed by atoms with E-state index in [-0.39, 0.29) is 5.69 Å². The van der Waals surface area contributed by atoms with Gasteiger partial charge in [-0.2, -0.15) is 0 Å². The van der Waals surface area contributed by atoms with E-state index in [2.05, 4.69) is 20.3 Å². The van der Waals surface area contributed by atoms with E-state index in [1.54, 1.807) is 26.0 Å². The van der Waals surface area contributed by atoms with Crippen molar-refractivity contribution in [3.8, 4) is 0 Å². The molecule has 0 unspecified atom stereocenters. The van der Waals surface area contributed by atoms with Gasteiger partial charge in [0.1, 0.15) is 0 Å². The molecule has 1 aromatic heterocycles. The molecule has 7 nitrogen and oxygen atoms in total. The molecule has 0 aliphatic heterocycles. The van der Waals surface area contributed by atoms with Crippen molar-refractivity contribution in [3.05, 3.63) is 22.6 Å². The van der Waals surface area contributed by atoms with Crippen LogP contribution in [0, 0.1) is 0 Å². The standard InChI is InChI=1S/C13H19N5O2/c1-13(2,20)3-4-15-8-5-10-11(18-12(19)17-10)6-9(8)16-7-14/h5-7,15,20H,3-4H2,1-2H3,(H2,14,16)(H2,17,18,19). The van der Waals surface area contributed by atoms with E-state index in [0.717, 1.165) is 5.69 Å². The quantitative estimate of drug-likeness (QED) is 0.414. The summed E-state index contributed by atoms with van der Waals surface area (Å²) in [6.45, 7) is 4.08. The Bertz CT molecular complexity index is 678. The Morgan fingerprint density at radius 2 is 2.05 bits per heavy atom. The lowest BCUT2D eigenvalue weighted by Gasteiger charge is -2.18. The maximum absolute atomic E-state index is 11.3. The van der Waals surface area contributed by atoms with Crippen LogP contribution in [0.5, 0.6) is 0 Å². The van der Waals surface area contributed by atoms with Gasteiger partial charge in [0.15, 0.2) is 0 Å². The third-order valence-corrected chi connectivity index (χ3v) is 2.90. The van der Waals surface area contributed by atoms with Gasteiger partial charge in [-0.3, -0.25) is 0 Å². The molecule has 6 N–H and O–H groups in total. The predicted molar refractivity (Wildman–Crippen MR) is 80.7 cm³/mol. The van der Waals surface area contributed by atoms with Gasteiger partial charge in [-0.05, 0) is 32.4 Å². The number of nitrogens with one attached hydrogen (secondary N) is 3. The van der Waals surface area contributed by atoms with Crippen molar-refractivity contribution in [2.75, 3.05) is 11.9 Å². The summed E-state index contributed by atoms with van der Waals surface area (Å²) in [5.41, 5.74) is 7.07. The lowest BCUT2D eigenvalue weighted by atomic mass is 10.1. The van der Waals surface area contributed by atoms with Gasteiger partial charge in [0.25, 0.3) is 0 Å². The summed E-state index contributed by atoms with van der Waals surface area (Å²) in [6, 6.07) is 3.53. The van der Waals surface area contributed by atoms with E-state index in [4.69, 9.17) is 5.73 Å². The number of H-pyrrole nitrogens is 2. The molecule has 0 saturated heterocycles. The monoisotopic (exact) mass is 277 g/mol. The lowest BCUT2D eigenvalue weighted by molar-refractivity contribution is 0.0749. The van der Waals surface area contributed by atoms with Crippen molar-refractivity contribution in [1.82, 2.24) is 9.97 Å². The Kier molecular flexibility index (Phi) is 3.80. The Labute approximate surface area is 115 Å². The van der Waals surface area contributed by atoms with Gasteiger partial charge >= 0.3 is 5.69 Å². The van der Waals surface area contributed by atoms with Gasteiger partial charge in [0.2, 0.25) is 0 Å². The molecule has 0 aliphatic rings. The molecule has 1 heterocycles. The Morgan fingerprint density at radius 1 is 1.40 bits per heavy atom. The number of aliphatic hydroxyl groups is 1. The van der Waals surface area contributed by atoms with Crippen LogP contribution in [0.25, 0.3) is 11.0 Å². The minimum atomic E-state index is -0.739. The molecule has 1 aromatic carbocycles. The number of hydrogen-bond acceptors (Lipinski definition) is 4. The number of nitrogens with two attached hydrogens (primary N) is 1. The first kappa shape index (κ1) is 14.1. The molecule has 20 heavy (non-hydrogen) atoms. The highest BCUT2D eigenvalue weighted by Gasteiger charge is 2.12. The zero-order valence-corrected chi connectivity index (χ0v) is 11.5. The average molecular weight is 277 g/mol. The van der Waals surface area contributed by atoms with Gasteiger partial charge in [0, 0.05) is 6.54 Å². The van der Waals surface area contributed by atoms with E-state index in [1.165, 1.54) is 6.34 Å². The SMILES string of the molecule is CC(C)(O)CCNc1cc2[nH]c(=O)[nH]c2cc1N=CN. The maximum atomic E-state index is 11.3. The van der Waals surface area contributed by atoms with Crippen LogP contribution in [0.4, 0.5) is 11.4 Å². The molecule has 0 fully saturated rings. The lowest BCUT2D eigenvalue weighted by Crippen LogP contribution is -2.22. The van der Waals surface area contributed by atoms with Crippen molar-refractivity contribution < 1.29 is 5.11 Å². The van der Waals surface area contributed by atoms with Crippen LogP contribution in [0.1, 0.15) is 20.3 Å². The molecule has 0 aliphatic carbocycles. The van der Waals surface area contributed by atoms with Gasteiger partial charge in [-0.15, -0.1) is 0 Å². The normalized spacial score (nSPS) is 12.3. The number of aromatic nitrogens is 2. The molecule has 7 heteroatoms. The molecular weight excluding hydrogens is 258 g/mol. The summed E-state index contributed by atoms with van der Waals surface area (Å²) >= 11 is 0. The number of hydrogen-bond donors (Lipinski definition) is 5. The Morgan fingerprint density at radius 3 is 2.65 bits per heavy atom. The van der Waals surface area contributed by atoms with Crippen molar-refractivity contribution >= 4 is 28.7 Å². The molecule has 108 valence electrons. The van der Waals surface area contributed by atoms with Crippen LogP contribution in [0.2, 0.25) is 0 Å². The fourth-order valence-corrected chi connectivity index (χ4v) is 1.90. The maximum Gasteiger partial charge on any atom is 0.323 e. The number of anilines is 1. The molecule has 2 aromatic rings. The van der Waals surface area contributed by atoms with Crippen molar-refractivity contribution in [2.45, 2.75) is 25.9 Å². The van der Waals surface area contributed by atoms with Crippen LogP contribution in [0.3, 0.4) is 0 Å². The van der Waals surface area contributed by atoms with Crippen molar-refractivity contribution in [3.63, 3.8) is 0 Å². The average Bonchev–Trinajstić information content (AvgIpc) is 2.67. The number of aromatic amines is 2. The molecule has 2 rings (SSSR count). The van der Waals surface area contributed by atoms with E-state index in [0.29, 0.717) is 29.7 Å². The first-order chi connectivity index (χ1) is 9.39. The first-order valence-electron chi connectivity index (χ1n) is 6.35. The van der Waals surface area contributed by atoms with Crippen LogP contribution >= 0.6 is 0 Å². The topological polar surface area (TPSA) is 119 Å². The molecule has 0 spiro atoms. The molecular formula is C13H19N5O2. The first-order valence-corrected chi connectivity index (χ1v) is 6.35. The van der Waals surface area contributed by atoms with Crippen molar-refractivity contribution in [1.29, 1.82) is 0 Å². The number of imidazole rings is 1.